The molecule has 32 heavy (non-hydrogen) atoms. The minimum absolute atomic E-state index is 0.116. The van der Waals surface area contributed by atoms with E-state index in [4.69, 9.17) is 4.52 Å². The number of anilines is 1. The lowest BCUT2D eigenvalue weighted by Crippen LogP contribution is -2.32. The van der Waals surface area contributed by atoms with Gasteiger partial charge in [0.05, 0.1) is 18.5 Å². The maximum Gasteiger partial charge on any atom is 0.246 e. The highest BCUT2D eigenvalue weighted by molar-refractivity contribution is 7.92. The van der Waals surface area contributed by atoms with Gasteiger partial charge in [0.15, 0.2) is 0 Å². The number of aryl methyl sites for hydroxylation is 3. The van der Waals surface area contributed by atoms with Crippen LogP contribution in [-0.2, 0) is 21.4 Å². The van der Waals surface area contributed by atoms with E-state index in [9.17, 15) is 13.2 Å². The summed E-state index contributed by atoms with van der Waals surface area (Å²) in [6.45, 7) is 6.17. The quantitative estimate of drug-likeness (QED) is 0.528. The minimum Gasteiger partial charge on any atom is -0.347 e. The molecular formula is C23H28N4O4S. The maximum atomic E-state index is 12.3. The van der Waals surface area contributed by atoms with Gasteiger partial charge in [-0.1, -0.05) is 41.1 Å². The summed E-state index contributed by atoms with van der Waals surface area (Å²) in [6, 6.07) is 13.4. The third kappa shape index (κ3) is 6.40. The second-order valence-electron chi connectivity index (χ2n) is 7.94. The number of amides is 1. The largest absolute Gasteiger partial charge is 0.347 e. The van der Waals surface area contributed by atoms with Crippen LogP contribution in [0.15, 0.2) is 47.0 Å². The molecule has 0 saturated carbocycles. The SMILES string of the molecule is Cc1ccc(-c2noc(CNC(=O)CCCN(c3cc(C)cc(C)c3)S(C)(=O)=O)n2)cc1. The number of sulfonamides is 1. The topological polar surface area (TPSA) is 105 Å². The molecule has 0 unspecified atom stereocenters. The normalized spacial score (nSPS) is 11.4. The van der Waals surface area contributed by atoms with Gasteiger partial charge in [0, 0.05) is 18.5 Å². The van der Waals surface area contributed by atoms with Crippen LogP contribution in [0, 0.1) is 20.8 Å². The Morgan fingerprint density at radius 1 is 1.03 bits per heavy atom. The van der Waals surface area contributed by atoms with E-state index in [1.54, 1.807) is 0 Å². The van der Waals surface area contributed by atoms with Gasteiger partial charge < -0.3 is 9.84 Å². The van der Waals surface area contributed by atoms with Crippen LogP contribution in [-0.4, -0.2) is 37.3 Å². The molecule has 0 radical (unpaired) electrons. The Balaban J connectivity index is 1.52. The monoisotopic (exact) mass is 456 g/mol. The first-order valence-electron chi connectivity index (χ1n) is 10.3. The third-order valence-electron chi connectivity index (χ3n) is 4.87. The van der Waals surface area contributed by atoms with Crippen LogP contribution < -0.4 is 9.62 Å². The molecule has 3 rings (SSSR count). The lowest BCUT2D eigenvalue weighted by atomic mass is 10.1. The molecule has 170 valence electrons. The second kappa shape index (κ2) is 9.95. The van der Waals surface area contributed by atoms with Gasteiger partial charge in [0.1, 0.15) is 0 Å². The maximum absolute atomic E-state index is 12.3. The summed E-state index contributed by atoms with van der Waals surface area (Å²) in [5.74, 6) is 0.558. The molecule has 0 atom stereocenters. The van der Waals surface area contributed by atoms with Crippen LogP contribution in [0.4, 0.5) is 5.69 Å². The zero-order valence-electron chi connectivity index (χ0n) is 18.8. The fourth-order valence-electron chi connectivity index (χ4n) is 3.37. The molecule has 1 N–H and O–H groups in total. The van der Waals surface area contributed by atoms with Gasteiger partial charge in [-0.3, -0.25) is 9.10 Å². The molecule has 2 aromatic carbocycles. The molecule has 1 heterocycles. The van der Waals surface area contributed by atoms with E-state index in [2.05, 4.69) is 15.5 Å². The number of nitrogens with one attached hydrogen (secondary N) is 1. The fourth-order valence-corrected chi connectivity index (χ4v) is 4.32. The Bertz CT molecular complexity index is 1170. The van der Waals surface area contributed by atoms with Gasteiger partial charge in [0.25, 0.3) is 0 Å². The average Bonchev–Trinajstić information content (AvgIpc) is 3.17. The van der Waals surface area contributed by atoms with Crippen molar-refractivity contribution in [3.8, 4) is 11.4 Å². The highest BCUT2D eigenvalue weighted by atomic mass is 32.2. The Morgan fingerprint density at radius 3 is 2.31 bits per heavy atom. The third-order valence-corrected chi connectivity index (χ3v) is 6.07. The molecule has 0 aliphatic rings. The number of rotatable bonds is 9. The van der Waals surface area contributed by atoms with Crippen molar-refractivity contribution in [1.82, 2.24) is 15.5 Å². The Hall–Kier alpha value is -3.20. The summed E-state index contributed by atoms with van der Waals surface area (Å²) in [5, 5.41) is 6.68. The predicted octanol–water partition coefficient (Wildman–Crippen LogP) is 3.52. The first-order valence-corrected chi connectivity index (χ1v) is 12.2. The van der Waals surface area contributed by atoms with Crippen LogP contribution in [0.25, 0.3) is 11.4 Å². The molecule has 0 aliphatic carbocycles. The molecule has 0 bridgehead atoms. The Labute approximate surface area is 188 Å². The molecule has 0 spiro atoms. The van der Waals surface area contributed by atoms with E-state index in [-0.39, 0.29) is 25.4 Å². The van der Waals surface area contributed by atoms with Crippen molar-refractivity contribution in [3.63, 3.8) is 0 Å². The number of carbonyl (C=O) groups is 1. The van der Waals surface area contributed by atoms with Crippen molar-refractivity contribution in [1.29, 1.82) is 0 Å². The summed E-state index contributed by atoms with van der Waals surface area (Å²) in [5.41, 5.74) is 4.55. The van der Waals surface area contributed by atoms with Crippen molar-refractivity contribution in [3.05, 3.63) is 65.0 Å². The summed E-state index contributed by atoms with van der Waals surface area (Å²) < 4.78 is 31.1. The number of carbonyl (C=O) groups excluding carboxylic acids is 1. The van der Waals surface area contributed by atoms with E-state index in [1.165, 1.54) is 10.6 Å². The zero-order valence-corrected chi connectivity index (χ0v) is 19.6. The van der Waals surface area contributed by atoms with Crippen LogP contribution in [0.1, 0.15) is 35.4 Å². The van der Waals surface area contributed by atoms with Gasteiger partial charge in [-0.25, -0.2) is 8.42 Å². The molecule has 1 amide bonds. The second-order valence-corrected chi connectivity index (χ2v) is 9.85. The van der Waals surface area contributed by atoms with Gasteiger partial charge in [-0.2, -0.15) is 4.98 Å². The van der Waals surface area contributed by atoms with E-state index in [1.807, 2.05) is 63.2 Å². The van der Waals surface area contributed by atoms with Crippen LogP contribution in [0.5, 0.6) is 0 Å². The smallest absolute Gasteiger partial charge is 0.246 e. The molecule has 0 saturated heterocycles. The molecule has 0 aliphatic heterocycles. The first-order chi connectivity index (χ1) is 15.1. The van der Waals surface area contributed by atoms with Gasteiger partial charge in [-0.05, 0) is 50.5 Å². The van der Waals surface area contributed by atoms with Crippen LogP contribution in [0.2, 0.25) is 0 Å². The van der Waals surface area contributed by atoms with Crippen LogP contribution >= 0.6 is 0 Å². The predicted molar refractivity (Wildman–Crippen MR) is 124 cm³/mol. The highest BCUT2D eigenvalue weighted by Crippen LogP contribution is 2.22. The van der Waals surface area contributed by atoms with E-state index in [0.717, 1.165) is 22.3 Å². The van der Waals surface area contributed by atoms with Gasteiger partial charge in [-0.15, -0.1) is 0 Å². The minimum atomic E-state index is -3.46. The molecule has 3 aromatic rings. The van der Waals surface area contributed by atoms with E-state index < -0.39 is 10.0 Å². The number of benzene rings is 2. The lowest BCUT2D eigenvalue weighted by molar-refractivity contribution is -0.121. The molecule has 8 nitrogen and oxygen atoms in total. The fraction of sp³-hybridized carbons (Fsp3) is 0.348. The zero-order chi connectivity index (χ0) is 23.3. The number of hydrogen-bond donors (Lipinski definition) is 1. The Kier molecular flexibility index (Phi) is 7.29. The summed E-state index contributed by atoms with van der Waals surface area (Å²) >= 11 is 0. The summed E-state index contributed by atoms with van der Waals surface area (Å²) in [7, 11) is -3.46. The summed E-state index contributed by atoms with van der Waals surface area (Å²) in [6.07, 6.45) is 1.73. The van der Waals surface area contributed by atoms with E-state index >= 15 is 0 Å². The Morgan fingerprint density at radius 2 is 1.69 bits per heavy atom. The molecular weight excluding hydrogens is 428 g/mol. The first kappa shape index (κ1) is 23.5. The number of nitrogens with zero attached hydrogens (tertiary/aromatic N) is 3. The van der Waals surface area contributed by atoms with Gasteiger partial charge in [0.2, 0.25) is 27.6 Å². The highest BCUT2D eigenvalue weighted by Gasteiger charge is 2.18. The average molecular weight is 457 g/mol. The molecule has 0 fully saturated rings. The van der Waals surface area contributed by atoms with Gasteiger partial charge >= 0.3 is 0 Å². The van der Waals surface area contributed by atoms with Crippen molar-refractivity contribution < 1.29 is 17.7 Å². The van der Waals surface area contributed by atoms with Crippen molar-refractivity contribution >= 4 is 21.6 Å². The van der Waals surface area contributed by atoms with Crippen LogP contribution in [0.3, 0.4) is 0 Å². The molecule has 1 aromatic heterocycles. The number of hydrogen-bond acceptors (Lipinski definition) is 6. The number of aromatic nitrogens is 2. The van der Waals surface area contributed by atoms with Crippen molar-refractivity contribution in [2.24, 2.45) is 0 Å². The standard InChI is InChI=1S/C23H28N4O4S/c1-16-7-9-19(10-8-16)23-25-22(31-26-23)15-24-21(28)6-5-11-27(32(4,29)30)20-13-17(2)12-18(3)14-20/h7-10,12-14H,5-6,11,15H2,1-4H3,(H,24,28). The van der Waals surface area contributed by atoms with E-state index in [0.29, 0.717) is 23.8 Å². The lowest BCUT2D eigenvalue weighted by Gasteiger charge is -2.23. The molecule has 9 heteroatoms. The summed E-state index contributed by atoms with van der Waals surface area (Å²) in [4.78, 5) is 16.5. The van der Waals surface area contributed by atoms with Crippen molar-refractivity contribution in [2.75, 3.05) is 17.1 Å². The van der Waals surface area contributed by atoms with Crippen molar-refractivity contribution in [2.45, 2.75) is 40.2 Å².